The summed E-state index contributed by atoms with van der Waals surface area (Å²) in [5.41, 5.74) is 0. The lowest BCUT2D eigenvalue weighted by molar-refractivity contribution is -0.146. The van der Waals surface area contributed by atoms with Gasteiger partial charge >= 0.3 is 12.0 Å². The van der Waals surface area contributed by atoms with Crippen LogP contribution in [0.1, 0.15) is 12.8 Å². The highest BCUT2D eigenvalue weighted by molar-refractivity contribution is 5.74. The number of urea groups is 1. The van der Waals surface area contributed by atoms with Crippen LogP contribution in [0.25, 0.3) is 0 Å². The van der Waals surface area contributed by atoms with Crippen LogP contribution in [0.5, 0.6) is 0 Å². The quantitative estimate of drug-likeness (QED) is 0.602. The van der Waals surface area contributed by atoms with Crippen LogP contribution in [-0.4, -0.2) is 78.4 Å². The molecule has 0 aliphatic carbocycles. The van der Waals surface area contributed by atoms with E-state index in [9.17, 15) is 9.59 Å². The molecular weight excluding hydrogens is 250 g/mol. The van der Waals surface area contributed by atoms with Crippen molar-refractivity contribution in [3.63, 3.8) is 0 Å². The van der Waals surface area contributed by atoms with E-state index in [1.165, 1.54) is 0 Å². The van der Waals surface area contributed by atoms with Crippen molar-refractivity contribution in [1.82, 2.24) is 15.1 Å². The fraction of sp³-hybridized carbons (Fsp3) is 0.833. The van der Waals surface area contributed by atoms with Crippen LogP contribution < -0.4 is 5.32 Å². The molecule has 3 N–H and O–H groups in total. The molecule has 0 aromatic rings. The summed E-state index contributed by atoms with van der Waals surface area (Å²) >= 11 is 0. The van der Waals surface area contributed by atoms with Gasteiger partial charge in [-0.3, -0.25) is 0 Å². The van der Waals surface area contributed by atoms with E-state index in [1.54, 1.807) is 11.9 Å². The number of carbonyl (C=O) groups is 2. The molecule has 2 unspecified atom stereocenters. The zero-order chi connectivity index (χ0) is 14.4. The van der Waals surface area contributed by atoms with Crippen molar-refractivity contribution in [2.75, 3.05) is 40.3 Å². The summed E-state index contributed by atoms with van der Waals surface area (Å²) in [6.07, 6.45) is -0.318. The van der Waals surface area contributed by atoms with E-state index in [-0.39, 0.29) is 19.0 Å². The Kier molecular flexibility index (Phi) is 6.04. The van der Waals surface area contributed by atoms with E-state index in [2.05, 4.69) is 17.3 Å². The predicted octanol–water partition coefficient (Wildman–Crippen LogP) is -0.585. The maximum Gasteiger partial charge on any atom is 0.332 e. The molecule has 110 valence electrons. The second-order valence-corrected chi connectivity index (χ2v) is 5.17. The molecule has 7 heteroatoms. The van der Waals surface area contributed by atoms with Crippen LogP contribution in [0.3, 0.4) is 0 Å². The van der Waals surface area contributed by atoms with E-state index < -0.39 is 12.1 Å². The highest BCUT2D eigenvalue weighted by Crippen LogP contribution is 2.14. The summed E-state index contributed by atoms with van der Waals surface area (Å²) in [7, 11) is 3.79. The van der Waals surface area contributed by atoms with Crippen LogP contribution in [0.15, 0.2) is 0 Å². The average molecular weight is 273 g/mol. The van der Waals surface area contributed by atoms with Crippen molar-refractivity contribution in [2.45, 2.75) is 18.9 Å². The zero-order valence-corrected chi connectivity index (χ0v) is 11.5. The third-order valence-corrected chi connectivity index (χ3v) is 3.35. The molecular formula is C12H23N3O4. The van der Waals surface area contributed by atoms with Gasteiger partial charge in [0.05, 0.1) is 0 Å². The molecule has 0 aromatic heterocycles. The first-order valence-electron chi connectivity index (χ1n) is 6.48. The van der Waals surface area contributed by atoms with Crippen molar-refractivity contribution in [2.24, 2.45) is 5.92 Å². The average Bonchev–Trinajstić information content (AvgIpc) is 2.74. The van der Waals surface area contributed by atoms with E-state index in [0.717, 1.165) is 19.5 Å². The van der Waals surface area contributed by atoms with Gasteiger partial charge in [-0.1, -0.05) is 0 Å². The second kappa shape index (κ2) is 7.30. The van der Waals surface area contributed by atoms with Gasteiger partial charge in [0.2, 0.25) is 0 Å². The maximum absolute atomic E-state index is 11.7. The van der Waals surface area contributed by atoms with Gasteiger partial charge in [0.15, 0.2) is 6.10 Å². The molecule has 0 spiro atoms. The van der Waals surface area contributed by atoms with Crippen LogP contribution >= 0.6 is 0 Å². The highest BCUT2D eigenvalue weighted by atomic mass is 16.4. The number of hydrogen-bond acceptors (Lipinski definition) is 4. The summed E-state index contributed by atoms with van der Waals surface area (Å²) in [6, 6.07) is -0.229. The second-order valence-electron chi connectivity index (χ2n) is 5.17. The lowest BCUT2D eigenvalue weighted by Gasteiger charge is -2.21. The normalized spacial score (nSPS) is 21.1. The monoisotopic (exact) mass is 273 g/mol. The summed E-state index contributed by atoms with van der Waals surface area (Å²) in [5, 5.41) is 20.2. The number of nitrogens with one attached hydrogen (secondary N) is 1. The van der Waals surface area contributed by atoms with E-state index in [1.807, 2.05) is 0 Å². The molecule has 0 saturated carbocycles. The molecule has 7 nitrogen and oxygen atoms in total. The van der Waals surface area contributed by atoms with Gasteiger partial charge < -0.3 is 25.3 Å². The molecule has 19 heavy (non-hydrogen) atoms. The first-order valence-corrected chi connectivity index (χ1v) is 6.48. The minimum absolute atomic E-state index is 0.0150. The van der Waals surface area contributed by atoms with Gasteiger partial charge in [0.1, 0.15) is 0 Å². The van der Waals surface area contributed by atoms with Gasteiger partial charge in [0, 0.05) is 33.1 Å². The lowest BCUT2D eigenvalue weighted by atomic mass is 10.1. The number of carbonyl (C=O) groups excluding carboxylic acids is 1. The Labute approximate surface area is 113 Å². The Morgan fingerprint density at radius 1 is 1.53 bits per heavy atom. The number of amides is 2. The number of carboxylic acid groups (broad SMARTS) is 1. The molecule has 1 saturated heterocycles. The van der Waals surface area contributed by atoms with E-state index >= 15 is 0 Å². The Hall–Kier alpha value is -1.34. The molecule has 2 atom stereocenters. The van der Waals surface area contributed by atoms with E-state index in [0.29, 0.717) is 12.5 Å². The standard InChI is InChI=1S/C12H23N3O4/c1-14-6-4-9(7-14)8-15(2)12(19)13-5-3-10(16)11(17)18/h9-10,16H,3-8H2,1-2H3,(H,13,19)(H,17,18). The van der Waals surface area contributed by atoms with Gasteiger partial charge in [-0.05, 0) is 25.9 Å². The third kappa shape index (κ3) is 5.44. The number of aliphatic hydroxyl groups is 1. The summed E-state index contributed by atoms with van der Waals surface area (Å²) in [5.74, 6) is -0.776. The number of carboxylic acids is 1. The Bertz CT molecular complexity index is 324. The third-order valence-electron chi connectivity index (χ3n) is 3.35. The number of nitrogens with zero attached hydrogens (tertiary/aromatic N) is 2. The molecule has 1 rings (SSSR count). The van der Waals surface area contributed by atoms with Crippen molar-refractivity contribution >= 4 is 12.0 Å². The van der Waals surface area contributed by atoms with Gasteiger partial charge in [-0.2, -0.15) is 0 Å². The molecule has 1 aliphatic rings. The summed E-state index contributed by atoms with van der Waals surface area (Å²) in [6.45, 7) is 2.90. The summed E-state index contributed by atoms with van der Waals surface area (Å²) < 4.78 is 0. The molecule has 1 fully saturated rings. The van der Waals surface area contributed by atoms with Crippen molar-refractivity contribution in [3.05, 3.63) is 0 Å². The van der Waals surface area contributed by atoms with Crippen molar-refractivity contribution < 1.29 is 19.8 Å². The molecule has 1 heterocycles. The number of likely N-dealkylation sites (tertiary alicyclic amines) is 1. The highest BCUT2D eigenvalue weighted by Gasteiger charge is 2.22. The molecule has 2 amide bonds. The molecule has 0 bridgehead atoms. The van der Waals surface area contributed by atoms with Crippen LogP contribution in [-0.2, 0) is 4.79 Å². The van der Waals surface area contributed by atoms with Crippen LogP contribution in [0, 0.1) is 5.92 Å². The number of hydrogen-bond donors (Lipinski definition) is 3. The SMILES string of the molecule is CN1CCC(CN(C)C(=O)NCCC(O)C(=O)O)C1. The summed E-state index contributed by atoms with van der Waals surface area (Å²) in [4.78, 5) is 26.0. The smallest absolute Gasteiger partial charge is 0.332 e. The molecule has 0 radical (unpaired) electrons. The van der Waals surface area contributed by atoms with Gasteiger partial charge in [-0.25, -0.2) is 9.59 Å². The van der Waals surface area contributed by atoms with Gasteiger partial charge in [0.25, 0.3) is 0 Å². The first-order chi connectivity index (χ1) is 8.90. The minimum Gasteiger partial charge on any atom is -0.479 e. The minimum atomic E-state index is -1.42. The number of rotatable bonds is 6. The van der Waals surface area contributed by atoms with E-state index in [4.69, 9.17) is 10.2 Å². The van der Waals surface area contributed by atoms with Crippen molar-refractivity contribution in [1.29, 1.82) is 0 Å². The van der Waals surface area contributed by atoms with Crippen LogP contribution in [0.2, 0.25) is 0 Å². The fourth-order valence-corrected chi connectivity index (χ4v) is 2.22. The van der Waals surface area contributed by atoms with Crippen LogP contribution in [0.4, 0.5) is 4.79 Å². The first kappa shape index (κ1) is 15.7. The topological polar surface area (TPSA) is 93.1 Å². The van der Waals surface area contributed by atoms with Crippen molar-refractivity contribution in [3.8, 4) is 0 Å². The maximum atomic E-state index is 11.7. The molecule has 0 aromatic carbocycles. The zero-order valence-electron chi connectivity index (χ0n) is 11.5. The predicted molar refractivity (Wildman–Crippen MR) is 69.9 cm³/mol. The molecule has 1 aliphatic heterocycles. The van der Waals surface area contributed by atoms with Gasteiger partial charge in [-0.15, -0.1) is 0 Å². The number of aliphatic carboxylic acids is 1. The Morgan fingerprint density at radius 3 is 2.74 bits per heavy atom. The Balaban J connectivity index is 2.19. The Morgan fingerprint density at radius 2 is 2.21 bits per heavy atom. The largest absolute Gasteiger partial charge is 0.479 e. The lowest BCUT2D eigenvalue weighted by Crippen LogP contribution is -2.41. The number of aliphatic hydroxyl groups excluding tert-OH is 1. The fourth-order valence-electron chi connectivity index (χ4n) is 2.22.